The Balaban J connectivity index is 1.06. The maximum atomic E-state index is 11.5. The maximum absolute atomic E-state index is 11.5. The lowest BCUT2D eigenvalue weighted by molar-refractivity contribution is -0.144. The Morgan fingerprint density at radius 1 is 0.885 bits per heavy atom. The van der Waals surface area contributed by atoms with E-state index in [1.54, 1.807) is 0 Å². The molecule has 0 spiro atoms. The van der Waals surface area contributed by atoms with Crippen LogP contribution >= 0.6 is 0 Å². The molecule has 0 radical (unpaired) electrons. The fourth-order valence-electron chi connectivity index (χ4n) is 3.67. The molecule has 3 rings (SSSR count). The first-order valence-corrected chi connectivity index (χ1v) is 10.8. The van der Waals surface area contributed by atoms with Crippen LogP contribution in [0.3, 0.4) is 0 Å². The molecule has 3 heterocycles. The summed E-state index contributed by atoms with van der Waals surface area (Å²) in [5, 5.41) is 0. The molecule has 26 heavy (non-hydrogen) atoms. The fraction of sp³-hybridized carbons (Fsp3) is 0.952. The van der Waals surface area contributed by atoms with Gasteiger partial charge in [-0.1, -0.05) is 51.9 Å². The van der Waals surface area contributed by atoms with Gasteiger partial charge in [-0.25, -0.2) is 0 Å². The van der Waals surface area contributed by atoms with Crippen molar-refractivity contribution in [1.82, 2.24) is 0 Å². The van der Waals surface area contributed by atoms with Crippen LogP contribution < -0.4 is 0 Å². The normalized spacial score (nSPS) is 31.7. The number of unbranched alkanes of at least 4 members (excludes halogenated alkanes) is 6. The average molecular weight is 369 g/mol. The second-order valence-electron chi connectivity index (χ2n) is 8.10. The molecule has 5 unspecified atom stereocenters. The van der Waals surface area contributed by atoms with Gasteiger partial charge in [0, 0.05) is 12.8 Å². The van der Waals surface area contributed by atoms with E-state index in [0.29, 0.717) is 37.4 Å². The minimum absolute atomic E-state index is 0.0787. The van der Waals surface area contributed by atoms with Crippen molar-refractivity contribution in [2.45, 2.75) is 114 Å². The average Bonchev–Trinajstić information content (AvgIpc) is 3.49. The van der Waals surface area contributed by atoms with Crippen LogP contribution in [0.1, 0.15) is 84.0 Å². The maximum Gasteiger partial charge on any atom is 0.305 e. The van der Waals surface area contributed by atoms with Crippen LogP contribution in [-0.2, 0) is 23.7 Å². The van der Waals surface area contributed by atoms with Gasteiger partial charge in [-0.05, 0) is 19.3 Å². The summed E-state index contributed by atoms with van der Waals surface area (Å²) in [6.45, 7) is 3.42. The molecule has 0 amide bonds. The molecule has 3 saturated heterocycles. The van der Waals surface area contributed by atoms with E-state index in [1.807, 2.05) is 0 Å². The molecule has 5 heteroatoms. The molecule has 5 atom stereocenters. The van der Waals surface area contributed by atoms with Gasteiger partial charge in [0.25, 0.3) is 0 Å². The summed E-state index contributed by atoms with van der Waals surface area (Å²) < 4.78 is 21.7. The zero-order valence-corrected chi connectivity index (χ0v) is 16.3. The Kier molecular flexibility index (Phi) is 8.21. The largest absolute Gasteiger partial charge is 0.463 e. The first-order valence-electron chi connectivity index (χ1n) is 10.8. The number of carbonyl (C=O) groups is 1. The Labute approximate surface area is 158 Å². The van der Waals surface area contributed by atoms with Gasteiger partial charge in [-0.15, -0.1) is 0 Å². The number of epoxide rings is 3. The van der Waals surface area contributed by atoms with Gasteiger partial charge in [-0.3, -0.25) is 4.79 Å². The van der Waals surface area contributed by atoms with Gasteiger partial charge in [-0.2, -0.15) is 0 Å². The molecule has 0 aromatic heterocycles. The van der Waals surface area contributed by atoms with Gasteiger partial charge in [0.1, 0.15) is 12.7 Å². The smallest absolute Gasteiger partial charge is 0.305 e. The summed E-state index contributed by atoms with van der Waals surface area (Å²) in [5.41, 5.74) is 0. The van der Waals surface area contributed by atoms with Gasteiger partial charge >= 0.3 is 5.97 Å². The summed E-state index contributed by atoms with van der Waals surface area (Å²) in [7, 11) is 0. The number of carbonyl (C=O) groups excluding carboxylic acids is 1. The third-order valence-electron chi connectivity index (χ3n) is 5.63. The summed E-state index contributed by atoms with van der Waals surface area (Å²) in [5.74, 6) is -0.0787. The van der Waals surface area contributed by atoms with E-state index >= 15 is 0 Å². The molecule has 3 aliphatic heterocycles. The molecule has 5 nitrogen and oxygen atoms in total. The highest BCUT2D eigenvalue weighted by atomic mass is 16.6. The number of hydrogen-bond donors (Lipinski definition) is 0. The van der Waals surface area contributed by atoms with Crippen molar-refractivity contribution in [1.29, 1.82) is 0 Å². The highest BCUT2D eigenvalue weighted by Gasteiger charge is 2.47. The lowest BCUT2D eigenvalue weighted by Gasteiger charge is -2.03. The molecule has 0 bridgehead atoms. The first kappa shape index (κ1) is 20.1. The van der Waals surface area contributed by atoms with Gasteiger partial charge in [0.15, 0.2) is 0 Å². The van der Waals surface area contributed by atoms with E-state index in [9.17, 15) is 4.79 Å². The van der Waals surface area contributed by atoms with Gasteiger partial charge in [0.05, 0.1) is 31.0 Å². The van der Waals surface area contributed by atoms with Crippen molar-refractivity contribution < 1.29 is 23.7 Å². The molecule has 0 aliphatic carbocycles. The molecule has 0 N–H and O–H groups in total. The van der Waals surface area contributed by atoms with Crippen molar-refractivity contribution in [2.75, 3.05) is 13.2 Å². The molecule has 150 valence electrons. The lowest BCUT2D eigenvalue weighted by atomic mass is 10.0. The van der Waals surface area contributed by atoms with Crippen molar-refractivity contribution in [3.8, 4) is 0 Å². The van der Waals surface area contributed by atoms with Crippen molar-refractivity contribution in [2.24, 2.45) is 0 Å². The van der Waals surface area contributed by atoms with E-state index in [-0.39, 0.29) is 12.1 Å². The zero-order chi connectivity index (χ0) is 18.2. The summed E-state index contributed by atoms with van der Waals surface area (Å²) in [4.78, 5) is 11.5. The summed E-state index contributed by atoms with van der Waals surface area (Å²) in [6, 6.07) is 0. The van der Waals surface area contributed by atoms with Crippen LogP contribution in [0.2, 0.25) is 0 Å². The zero-order valence-electron chi connectivity index (χ0n) is 16.3. The topological polar surface area (TPSA) is 63.9 Å². The predicted molar refractivity (Wildman–Crippen MR) is 99.1 cm³/mol. The summed E-state index contributed by atoms with van der Waals surface area (Å²) >= 11 is 0. The molecular weight excluding hydrogens is 332 g/mol. The quantitative estimate of drug-likeness (QED) is 0.232. The number of hydrogen-bond acceptors (Lipinski definition) is 5. The van der Waals surface area contributed by atoms with Crippen LogP contribution in [0.5, 0.6) is 0 Å². The van der Waals surface area contributed by atoms with Crippen LogP contribution in [0.25, 0.3) is 0 Å². The van der Waals surface area contributed by atoms with Gasteiger partial charge < -0.3 is 18.9 Å². The summed E-state index contributed by atoms with van der Waals surface area (Å²) in [6.07, 6.45) is 15.8. The van der Waals surface area contributed by atoms with E-state index in [4.69, 9.17) is 18.9 Å². The Bertz CT molecular complexity index is 423. The highest BCUT2D eigenvalue weighted by molar-refractivity contribution is 5.69. The first-order chi connectivity index (χ1) is 12.8. The van der Waals surface area contributed by atoms with Crippen molar-refractivity contribution >= 4 is 5.97 Å². The van der Waals surface area contributed by atoms with E-state index < -0.39 is 0 Å². The third kappa shape index (κ3) is 7.93. The van der Waals surface area contributed by atoms with Crippen molar-refractivity contribution in [3.63, 3.8) is 0 Å². The third-order valence-corrected chi connectivity index (χ3v) is 5.63. The molecule has 0 aromatic rings. The van der Waals surface area contributed by atoms with E-state index in [2.05, 4.69) is 6.92 Å². The second kappa shape index (κ2) is 10.6. The standard InChI is InChI=1S/C21H36O5/c1-2-3-7-10-17-19(25-17)13-20-18(26-20)11-8-5-4-6-9-12-21(22)24-15-16-14-23-16/h16-20H,2-15H2,1H3. The molecule has 3 fully saturated rings. The highest BCUT2D eigenvalue weighted by Crippen LogP contribution is 2.39. The Morgan fingerprint density at radius 2 is 1.50 bits per heavy atom. The number of ether oxygens (including phenoxy) is 4. The molecule has 3 aliphatic rings. The van der Waals surface area contributed by atoms with Crippen LogP contribution in [0.4, 0.5) is 0 Å². The van der Waals surface area contributed by atoms with Crippen LogP contribution in [-0.4, -0.2) is 49.7 Å². The monoisotopic (exact) mass is 368 g/mol. The fourth-order valence-corrected chi connectivity index (χ4v) is 3.67. The lowest BCUT2D eigenvalue weighted by Crippen LogP contribution is -2.09. The number of rotatable bonds is 16. The second-order valence-corrected chi connectivity index (χ2v) is 8.10. The van der Waals surface area contributed by atoms with E-state index in [0.717, 1.165) is 25.9 Å². The van der Waals surface area contributed by atoms with Crippen molar-refractivity contribution in [3.05, 3.63) is 0 Å². The molecular formula is C21H36O5. The molecule has 0 aromatic carbocycles. The SMILES string of the molecule is CCCCCC1OC1CC1OC1CCCCCCCC(=O)OCC1CO1. The van der Waals surface area contributed by atoms with Crippen LogP contribution in [0.15, 0.2) is 0 Å². The van der Waals surface area contributed by atoms with Gasteiger partial charge in [0.2, 0.25) is 0 Å². The Morgan fingerprint density at radius 3 is 2.15 bits per heavy atom. The minimum atomic E-state index is -0.0787. The molecule has 0 saturated carbocycles. The number of esters is 1. The Hall–Kier alpha value is -0.650. The predicted octanol–water partition coefficient (Wildman–Crippen LogP) is 4.16. The van der Waals surface area contributed by atoms with E-state index in [1.165, 1.54) is 51.4 Å². The van der Waals surface area contributed by atoms with Crippen LogP contribution in [0, 0.1) is 0 Å². The minimum Gasteiger partial charge on any atom is -0.463 e.